The minimum Gasteiger partial charge on any atom is -0.507 e. The minimum atomic E-state index is -0.0459. The van der Waals surface area contributed by atoms with Crippen LogP contribution in [0.25, 0.3) is 0 Å². The van der Waals surface area contributed by atoms with Gasteiger partial charge in [-0.25, -0.2) is 0 Å². The lowest BCUT2D eigenvalue weighted by Gasteiger charge is -2.28. The molecule has 0 radical (unpaired) electrons. The Balaban J connectivity index is 2.07. The van der Waals surface area contributed by atoms with Crippen LogP contribution in [0, 0.1) is 0 Å². The van der Waals surface area contributed by atoms with Gasteiger partial charge in [-0.1, -0.05) is 6.07 Å². The highest BCUT2D eigenvalue weighted by atomic mass is 16.5. The maximum Gasteiger partial charge on any atom is 0.124 e. The Labute approximate surface area is 108 Å². The monoisotopic (exact) mass is 251 g/mol. The van der Waals surface area contributed by atoms with Crippen LogP contribution in [0.15, 0.2) is 18.2 Å². The number of aromatic hydroxyl groups is 2. The van der Waals surface area contributed by atoms with Gasteiger partial charge in [0.25, 0.3) is 0 Å². The first-order valence-electron chi connectivity index (χ1n) is 6.42. The lowest BCUT2D eigenvalue weighted by Crippen LogP contribution is -2.31. The summed E-state index contributed by atoms with van der Waals surface area (Å²) in [5, 5.41) is 19.7. The largest absolute Gasteiger partial charge is 0.507 e. The van der Waals surface area contributed by atoms with E-state index in [-0.39, 0.29) is 23.6 Å². The Morgan fingerprint density at radius 3 is 2.61 bits per heavy atom. The van der Waals surface area contributed by atoms with E-state index in [9.17, 15) is 10.2 Å². The summed E-state index contributed by atoms with van der Waals surface area (Å²) in [6.45, 7) is 3.63. The molecular formula is C14H21NO3. The summed E-state index contributed by atoms with van der Waals surface area (Å²) in [7, 11) is 1.98. The molecule has 0 spiro atoms. The van der Waals surface area contributed by atoms with Gasteiger partial charge >= 0.3 is 0 Å². The second kappa shape index (κ2) is 5.59. The van der Waals surface area contributed by atoms with Gasteiger partial charge in [-0.05, 0) is 38.9 Å². The zero-order valence-electron chi connectivity index (χ0n) is 11.0. The summed E-state index contributed by atoms with van der Waals surface area (Å²) < 4.78 is 5.60. The Bertz CT molecular complexity index is 382. The molecule has 2 rings (SSSR count). The molecule has 1 saturated heterocycles. The van der Waals surface area contributed by atoms with Crippen molar-refractivity contribution in [3.63, 3.8) is 0 Å². The van der Waals surface area contributed by atoms with E-state index < -0.39 is 0 Å². The average Bonchev–Trinajstić information content (AvgIpc) is 2.81. The first-order chi connectivity index (χ1) is 8.59. The minimum absolute atomic E-state index is 0.0459. The van der Waals surface area contributed by atoms with E-state index in [1.165, 1.54) is 0 Å². The number of rotatable bonds is 4. The first kappa shape index (κ1) is 13.2. The molecule has 100 valence electrons. The number of likely N-dealkylation sites (N-methyl/N-ethyl adjacent to an activating group) is 1. The van der Waals surface area contributed by atoms with Gasteiger partial charge in [-0.2, -0.15) is 0 Å². The van der Waals surface area contributed by atoms with Gasteiger partial charge in [0.15, 0.2) is 0 Å². The molecule has 1 heterocycles. The number of phenolic OH excluding ortho intramolecular Hbond substituents is 2. The van der Waals surface area contributed by atoms with Crippen molar-refractivity contribution in [2.24, 2.45) is 0 Å². The summed E-state index contributed by atoms with van der Waals surface area (Å²) in [4.78, 5) is 2.10. The molecule has 0 aromatic heterocycles. The summed E-state index contributed by atoms with van der Waals surface area (Å²) in [6.07, 6.45) is 2.48. The van der Waals surface area contributed by atoms with Gasteiger partial charge < -0.3 is 14.9 Å². The van der Waals surface area contributed by atoms with Crippen molar-refractivity contribution in [3.8, 4) is 11.5 Å². The molecule has 0 bridgehead atoms. The Morgan fingerprint density at radius 1 is 1.39 bits per heavy atom. The fourth-order valence-corrected chi connectivity index (χ4v) is 2.46. The van der Waals surface area contributed by atoms with E-state index >= 15 is 0 Å². The molecule has 2 atom stereocenters. The molecule has 1 aliphatic heterocycles. The number of benzene rings is 1. The van der Waals surface area contributed by atoms with Crippen molar-refractivity contribution in [2.75, 3.05) is 20.2 Å². The van der Waals surface area contributed by atoms with Crippen LogP contribution in [0.2, 0.25) is 0 Å². The lowest BCUT2D eigenvalue weighted by molar-refractivity contribution is 0.0696. The molecule has 1 fully saturated rings. The second-order valence-corrected chi connectivity index (χ2v) is 4.96. The Morgan fingerprint density at radius 2 is 2.06 bits per heavy atom. The number of hydrogen-bond acceptors (Lipinski definition) is 4. The van der Waals surface area contributed by atoms with Crippen LogP contribution in [0.1, 0.15) is 31.4 Å². The summed E-state index contributed by atoms with van der Waals surface area (Å²) >= 11 is 0. The van der Waals surface area contributed by atoms with Crippen LogP contribution in [-0.2, 0) is 4.74 Å². The van der Waals surface area contributed by atoms with Crippen molar-refractivity contribution >= 4 is 0 Å². The number of phenols is 2. The molecule has 4 nitrogen and oxygen atoms in total. The topological polar surface area (TPSA) is 52.9 Å². The standard InChI is InChI=1S/C14H21NO3/c1-10(14-12(16)6-3-7-13(14)17)15(2)9-11-5-4-8-18-11/h3,6-7,10-11,16-17H,4-5,8-9H2,1-2H3. The third-order valence-corrected chi connectivity index (χ3v) is 3.65. The van der Waals surface area contributed by atoms with Crippen LogP contribution >= 0.6 is 0 Å². The summed E-state index contributed by atoms with van der Waals surface area (Å²) in [5.41, 5.74) is 0.581. The Kier molecular flexibility index (Phi) is 4.09. The van der Waals surface area contributed by atoms with Crippen LogP contribution in [0.5, 0.6) is 11.5 Å². The highest BCUT2D eigenvalue weighted by molar-refractivity contribution is 5.44. The van der Waals surface area contributed by atoms with Crippen molar-refractivity contribution in [1.82, 2.24) is 4.90 Å². The van der Waals surface area contributed by atoms with E-state index in [0.717, 1.165) is 26.0 Å². The summed E-state index contributed by atoms with van der Waals surface area (Å²) in [5.74, 6) is 0.281. The average molecular weight is 251 g/mol. The molecule has 1 aromatic carbocycles. The zero-order chi connectivity index (χ0) is 13.1. The van der Waals surface area contributed by atoms with Crippen molar-refractivity contribution < 1.29 is 14.9 Å². The highest BCUT2D eigenvalue weighted by Gasteiger charge is 2.23. The predicted molar refractivity (Wildman–Crippen MR) is 69.8 cm³/mol. The van der Waals surface area contributed by atoms with Gasteiger partial charge in [-0.15, -0.1) is 0 Å². The van der Waals surface area contributed by atoms with Gasteiger partial charge in [-0.3, -0.25) is 4.90 Å². The first-order valence-corrected chi connectivity index (χ1v) is 6.42. The quantitative estimate of drug-likeness (QED) is 0.862. The van der Waals surface area contributed by atoms with Crippen LogP contribution < -0.4 is 0 Å². The van der Waals surface area contributed by atoms with E-state index in [1.54, 1.807) is 18.2 Å². The van der Waals surface area contributed by atoms with Crippen LogP contribution in [-0.4, -0.2) is 41.4 Å². The van der Waals surface area contributed by atoms with Crippen LogP contribution in [0.4, 0.5) is 0 Å². The molecule has 0 saturated carbocycles. The summed E-state index contributed by atoms with van der Waals surface area (Å²) in [6, 6.07) is 4.80. The second-order valence-electron chi connectivity index (χ2n) is 4.96. The van der Waals surface area contributed by atoms with E-state index in [4.69, 9.17) is 4.74 Å². The smallest absolute Gasteiger partial charge is 0.124 e. The number of ether oxygens (including phenoxy) is 1. The fourth-order valence-electron chi connectivity index (χ4n) is 2.46. The zero-order valence-corrected chi connectivity index (χ0v) is 11.0. The molecule has 1 aromatic rings. The number of hydrogen-bond donors (Lipinski definition) is 2. The molecule has 2 N–H and O–H groups in total. The fraction of sp³-hybridized carbons (Fsp3) is 0.571. The third-order valence-electron chi connectivity index (χ3n) is 3.65. The molecule has 0 amide bonds. The van der Waals surface area contributed by atoms with E-state index in [0.29, 0.717) is 5.56 Å². The maximum absolute atomic E-state index is 9.85. The van der Waals surface area contributed by atoms with Gasteiger partial charge in [0, 0.05) is 19.2 Å². The van der Waals surface area contributed by atoms with Crippen molar-refractivity contribution in [3.05, 3.63) is 23.8 Å². The molecule has 1 aliphatic rings. The molecule has 2 unspecified atom stereocenters. The molecule has 0 aliphatic carbocycles. The lowest BCUT2D eigenvalue weighted by atomic mass is 10.0. The van der Waals surface area contributed by atoms with E-state index in [1.807, 2.05) is 14.0 Å². The molecule has 18 heavy (non-hydrogen) atoms. The van der Waals surface area contributed by atoms with E-state index in [2.05, 4.69) is 4.90 Å². The van der Waals surface area contributed by atoms with Gasteiger partial charge in [0.05, 0.1) is 11.7 Å². The maximum atomic E-state index is 9.85. The Hall–Kier alpha value is -1.26. The molecular weight excluding hydrogens is 230 g/mol. The normalized spacial score (nSPS) is 21.4. The number of nitrogens with zero attached hydrogens (tertiary/aromatic N) is 1. The third kappa shape index (κ3) is 2.76. The molecule has 4 heteroatoms. The van der Waals surface area contributed by atoms with Gasteiger partial charge in [0.1, 0.15) is 11.5 Å². The predicted octanol–water partition coefficient (Wildman–Crippen LogP) is 2.27. The van der Waals surface area contributed by atoms with Gasteiger partial charge in [0.2, 0.25) is 0 Å². The van der Waals surface area contributed by atoms with Crippen molar-refractivity contribution in [2.45, 2.75) is 31.9 Å². The SMILES string of the molecule is CC(c1c(O)cccc1O)N(C)CC1CCCO1. The highest BCUT2D eigenvalue weighted by Crippen LogP contribution is 2.35. The van der Waals surface area contributed by atoms with Crippen LogP contribution in [0.3, 0.4) is 0 Å². The van der Waals surface area contributed by atoms with Crippen molar-refractivity contribution in [1.29, 1.82) is 0 Å².